The first-order valence-corrected chi connectivity index (χ1v) is 8.12. The number of hydrogen-bond donors (Lipinski definition) is 3. The summed E-state index contributed by atoms with van der Waals surface area (Å²) in [6.45, 7) is 1.67. The summed E-state index contributed by atoms with van der Waals surface area (Å²) in [6, 6.07) is 14.0. The van der Waals surface area contributed by atoms with Crippen molar-refractivity contribution in [3.8, 4) is 11.5 Å². The van der Waals surface area contributed by atoms with E-state index in [-0.39, 0.29) is 17.4 Å². The van der Waals surface area contributed by atoms with Crippen LogP contribution in [0.5, 0.6) is 11.5 Å². The molecule has 2 aromatic carbocycles. The van der Waals surface area contributed by atoms with Crippen molar-refractivity contribution >= 4 is 5.84 Å². The molecule has 0 unspecified atom stereocenters. The summed E-state index contributed by atoms with van der Waals surface area (Å²) in [6.07, 6.45) is 1.69. The van der Waals surface area contributed by atoms with Gasteiger partial charge in [0.2, 0.25) is 0 Å². The molecule has 23 heavy (non-hydrogen) atoms. The van der Waals surface area contributed by atoms with Crippen LogP contribution in [0.25, 0.3) is 0 Å². The number of amidine groups is 1. The number of aliphatic imine (C=N–C) groups is 1. The van der Waals surface area contributed by atoms with Crippen LogP contribution in [0.1, 0.15) is 34.9 Å². The zero-order valence-corrected chi connectivity index (χ0v) is 12.9. The maximum Gasteiger partial charge on any atom is 0.160 e. The van der Waals surface area contributed by atoms with Gasteiger partial charge in [-0.15, -0.1) is 0 Å². The van der Waals surface area contributed by atoms with Gasteiger partial charge in [-0.2, -0.15) is 0 Å². The lowest BCUT2D eigenvalue weighted by Gasteiger charge is -2.34. The van der Waals surface area contributed by atoms with Crippen LogP contribution in [0, 0.1) is 0 Å². The summed E-state index contributed by atoms with van der Waals surface area (Å²) >= 11 is 0. The van der Waals surface area contributed by atoms with E-state index in [1.54, 1.807) is 6.07 Å². The molecule has 2 aliphatic rings. The number of benzene rings is 2. The molecule has 1 aliphatic heterocycles. The third-order valence-corrected chi connectivity index (χ3v) is 4.96. The molecular weight excluding hydrogens is 288 g/mol. The zero-order valence-electron chi connectivity index (χ0n) is 12.9. The summed E-state index contributed by atoms with van der Waals surface area (Å²) in [5.74, 6) is 1.43. The molecule has 118 valence electrons. The quantitative estimate of drug-likeness (QED) is 0.747. The molecule has 4 nitrogen and oxygen atoms in total. The summed E-state index contributed by atoms with van der Waals surface area (Å²) in [5, 5.41) is 23.5. The van der Waals surface area contributed by atoms with Gasteiger partial charge in [0, 0.05) is 18.0 Å². The lowest BCUT2D eigenvalue weighted by Crippen LogP contribution is -2.33. The zero-order chi connectivity index (χ0) is 15.8. The fourth-order valence-corrected chi connectivity index (χ4v) is 3.90. The Balaban J connectivity index is 1.84. The fraction of sp³-hybridized carbons (Fsp3) is 0.316. The number of nitrogens with zero attached hydrogens (tertiary/aromatic N) is 1. The van der Waals surface area contributed by atoms with Crippen molar-refractivity contribution in [2.24, 2.45) is 4.99 Å². The first-order valence-electron chi connectivity index (χ1n) is 8.12. The van der Waals surface area contributed by atoms with Crippen LogP contribution in [0.3, 0.4) is 0 Å². The smallest absolute Gasteiger partial charge is 0.160 e. The van der Waals surface area contributed by atoms with Crippen molar-refractivity contribution in [3.63, 3.8) is 0 Å². The van der Waals surface area contributed by atoms with Crippen molar-refractivity contribution in [1.29, 1.82) is 0 Å². The number of phenols is 2. The van der Waals surface area contributed by atoms with Crippen LogP contribution < -0.4 is 5.32 Å². The largest absolute Gasteiger partial charge is 0.504 e. The molecular formula is C19H20N2O2. The van der Waals surface area contributed by atoms with Gasteiger partial charge in [-0.3, -0.25) is 4.99 Å². The molecule has 1 aliphatic carbocycles. The average molecular weight is 308 g/mol. The molecule has 0 saturated carbocycles. The minimum Gasteiger partial charge on any atom is -0.504 e. The Hall–Kier alpha value is -2.49. The standard InChI is InChI=1S/C19H20N2O2/c22-16-9-8-14-15(18(16)23)7-6-13(12-4-2-1-3-5-12)17(14)19-20-10-11-21-19/h1-5,8-9,13,17,22-23H,6-7,10-11H2,(H,20,21)/t13-,17-/m0/s1. The van der Waals surface area contributed by atoms with Crippen molar-refractivity contribution in [1.82, 2.24) is 5.32 Å². The van der Waals surface area contributed by atoms with Gasteiger partial charge in [0.15, 0.2) is 11.5 Å². The van der Waals surface area contributed by atoms with E-state index in [0.717, 1.165) is 42.9 Å². The van der Waals surface area contributed by atoms with Gasteiger partial charge >= 0.3 is 0 Å². The van der Waals surface area contributed by atoms with E-state index in [1.165, 1.54) is 5.56 Å². The van der Waals surface area contributed by atoms with Crippen LogP contribution in [-0.2, 0) is 6.42 Å². The Morgan fingerprint density at radius 2 is 1.87 bits per heavy atom. The highest BCUT2D eigenvalue weighted by Gasteiger charge is 2.36. The molecule has 0 bridgehead atoms. The molecule has 0 amide bonds. The van der Waals surface area contributed by atoms with Gasteiger partial charge in [0.25, 0.3) is 0 Å². The van der Waals surface area contributed by atoms with E-state index in [4.69, 9.17) is 0 Å². The number of nitrogens with one attached hydrogen (secondary N) is 1. The summed E-state index contributed by atoms with van der Waals surface area (Å²) < 4.78 is 0. The molecule has 0 spiro atoms. The van der Waals surface area contributed by atoms with Crippen molar-refractivity contribution in [2.45, 2.75) is 24.7 Å². The second-order valence-corrected chi connectivity index (χ2v) is 6.23. The Labute approximate surface area is 135 Å². The Bertz CT molecular complexity index is 755. The molecule has 0 fully saturated rings. The highest BCUT2D eigenvalue weighted by molar-refractivity contribution is 5.92. The molecule has 2 aromatic rings. The summed E-state index contributed by atoms with van der Waals surface area (Å²) in [4.78, 5) is 4.65. The van der Waals surface area contributed by atoms with E-state index >= 15 is 0 Å². The Morgan fingerprint density at radius 3 is 2.61 bits per heavy atom. The molecule has 0 saturated heterocycles. The first-order chi connectivity index (χ1) is 11.3. The van der Waals surface area contributed by atoms with Gasteiger partial charge in [-0.1, -0.05) is 36.4 Å². The second-order valence-electron chi connectivity index (χ2n) is 6.23. The average Bonchev–Trinajstić information content (AvgIpc) is 3.12. The Morgan fingerprint density at radius 1 is 1.04 bits per heavy atom. The molecule has 0 radical (unpaired) electrons. The molecule has 4 heteroatoms. The monoisotopic (exact) mass is 308 g/mol. The van der Waals surface area contributed by atoms with Gasteiger partial charge in [-0.05, 0) is 36.0 Å². The lowest BCUT2D eigenvalue weighted by atomic mass is 9.71. The minimum absolute atomic E-state index is 0.0256. The van der Waals surface area contributed by atoms with Gasteiger partial charge in [0.1, 0.15) is 5.84 Å². The van der Waals surface area contributed by atoms with Crippen molar-refractivity contribution in [3.05, 3.63) is 59.2 Å². The summed E-state index contributed by atoms with van der Waals surface area (Å²) in [5.41, 5.74) is 3.24. The van der Waals surface area contributed by atoms with Crippen LogP contribution in [0.4, 0.5) is 0 Å². The van der Waals surface area contributed by atoms with Gasteiger partial charge in [0.05, 0.1) is 6.54 Å². The normalized spacial score (nSPS) is 23.0. The van der Waals surface area contributed by atoms with E-state index in [2.05, 4.69) is 34.6 Å². The van der Waals surface area contributed by atoms with Crippen LogP contribution >= 0.6 is 0 Å². The molecule has 0 aromatic heterocycles. The van der Waals surface area contributed by atoms with Crippen molar-refractivity contribution in [2.75, 3.05) is 13.1 Å². The molecule has 2 atom stereocenters. The third-order valence-electron chi connectivity index (χ3n) is 4.96. The van der Waals surface area contributed by atoms with Gasteiger partial charge in [-0.25, -0.2) is 0 Å². The highest BCUT2D eigenvalue weighted by Crippen LogP contribution is 2.47. The fourth-order valence-electron chi connectivity index (χ4n) is 3.90. The predicted octanol–water partition coefficient (Wildman–Crippen LogP) is 2.91. The molecule has 4 rings (SSSR count). The lowest BCUT2D eigenvalue weighted by molar-refractivity contribution is 0.393. The van der Waals surface area contributed by atoms with Crippen molar-refractivity contribution < 1.29 is 10.2 Å². The number of rotatable bonds is 2. The predicted molar refractivity (Wildman–Crippen MR) is 90.3 cm³/mol. The topological polar surface area (TPSA) is 64.8 Å². The van der Waals surface area contributed by atoms with E-state index < -0.39 is 0 Å². The molecule has 1 heterocycles. The van der Waals surface area contributed by atoms with E-state index in [1.807, 2.05) is 12.1 Å². The van der Waals surface area contributed by atoms with Crippen LogP contribution in [-0.4, -0.2) is 29.1 Å². The number of phenolic OH excluding ortho intramolecular Hbond substituents is 2. The molecule has 3 N–H and O–H groups in total. The van der Waals surface area contributed by atoms with Gasteiger partial charge < -0.3 is 15.5 Å². The van der Waals surface area contributed by atoms with Crippen LogP contribution in [0.2, 0.25) is 0 Å². The van der Waals surface area contributed by atoms with E-state index in [0.29, 0.717) is 5.92 Å². The number of hydrogen-bond acceptors (Lipinski definition) is 4. The Kier molecular flexibility index (Phi) is 3.45. The second kappa shape index (κ2) is 5.61. The first kappa shape index (κ1) is 14.1. The summed E-state index contributed by atoms with van der Waals surface area (Å²) in [7, 11) is 0. The maximum absolute atomic E-state index is 10.3. The number of aromatic hydroxyl groups is 2. The SMILES string of the molecule is Oc1ccc2c(c1O)CC[C@@H](c1ccccc1)[C@@H]2C1=NCCN1. The number of fused-ring (bicyclic) bond motifs is 1. The third kappa shape index (κ3) is 2.34. The van der Waals surface area contributed by atoms with Crippen LogP contribution in [0.15, 0.2) is 47.5 Å². The minimum atomic E-state index is -0.0398. The highest BCUT2D eigenvalue weighted by atomic mass is 16.3. The van der Waals surface area contributed by atoms with E-state index in [9.17, 15) is 10.2 Å². The maximum atomic E-state index is 10.3.